The quantitative estimate of drug-likeness (QED) is 0.179. The number of benzene rings is 2. The highest BCUT2D eigenvalue weighted by atomic mass is 127. The van der Waals surface area contributed by atoms with E-state index in [1.54, 1.807) is 33.2 Å². The van der Waals surface area contributed by atoms with E-state index in [2.05, 4.69) is 25.6 Å². The minimum absolute atomic E-state index is 0.0692. The lowest BCUT2D eigenvalue weighted by molar-refractivity contribution is -0.137. The van der Waals surface area contributed by atoms with Gasteiger partial charge in [0.05, 0.1) is 40.9 Å². The number of nitrogens with one attached hydrogen (secondary N) is 2. The first-order valence-electron chi connectivity index (χ1n) is 11.9. The molecule has 2 aromatic heterocycles. The van der Waals surface area contributed by atoms with Gasteiger partial charge < -0.3 is 21.1 Å². The molecule has 4 N–H and O–H groups in total. The maximum atomic E-state index is 15.2. The van der Waals surface area contributed by atoms with E-state index in [1.165, 1.54) is 24.5 Å². The first-order chi connectivity index (χ1) is 19.0. The standard InChI is InChI=1S/C25H21ClF4IN7O2/c26-21-19(11-37-5-7-40-8-6-37)38-22(23(32)33-12-34-38)20(21)13-1-4-17(15(27)9-13)35-24(39)36-18-10-14(25(28,29)30)2-3-16(18)31/h1-4,9-10,12H,5-8,11H2,(H2,32,33,34)(H2,35,36,39). The van der Waals surface area contributed by atoms with Gasteiger partial charge in [0.25, 0.3) is 0 Å². The van der Waals surface area contributed by atoms with Crippen molar-refractivity contribution in [1.82, 2.24) is 19.5 Å². The number of morpholine rings is 1. The number of anilines is 3. The predicted octanol–water partition coefficient (Wildman–Crippen LogP) is 5.87. The molecular weight excluding hydrogens is 669 g/mol. The van der Waals surface area contributed by atoms with Crippen LogP contribution in [-0.4, -0.2) is 51.8 Å². The molecule has 2 amide bonds. The van der Waals surface area contributed by atoms with Gasteiger partial charge in [0.2, 0.25) is 0 Å². The highest BCUT2D eigenvalue weighted by molar-refractivity contribution is 14.1. The number of ether oxygens (including phenoxy) is 1. The van der Waals surface area contributed by atoms with Crippen molar-refractivity contribution in [3.05, 3.63) is 68.4 Å². The zero-order valence-electron chi connectivity index (χ0n) is 20.5. The van der Waals surface area contributed by atoms with Gasteiger partial charge in [-0.15, -0.1) is 0 Å². The number of alkyl halides is 3. The molecule has 3 heterocycles. The van der Waals surface area contributed by atoms with Crippen LogP contribution in [0.15, 0.2) is 42.7 Å². The Balaban J connectivity index is 1.42. The predicted molar refractivity (Wildman–Crippen MR) is 151 cm³/mol. The monoisotopic (exact) mass is 689 g/mol. The molecule has 5 rings (SSSR count). The Bertz CT molecular complexity index is 1590. The van der Waals surface area contributed by atoms with Crippen molar-refractivity contribution in [2.75, 3.05) is 42.7 Å². The van der Waals surface area contributed by atoms with Crippen LogP contribution >= 0.6 is 34.2 Å². The molecule has 0 atom stereocenters. The Labute approximate surface area is 243 Å². The second kappa shape index (κ2) is 11.3. The molecule has 1 fully saturated rings. The zero-order valence-corrected chi connectivity index (χ0v) is 23.4. The SMILES string of the molecule is Nc1ncnn2c(CN3CCOCC3)c(Cl)c(-c3ccc(NC(=O)Nc4cc(C(F)(F)F)ccc4I)c(F)c3)c12. The lowest BCUT2D eigenvalue weighted by Crippen LogP contribution is -2.36. The van der Waals surface area contributed by atoms with Crippen molar-refractivity contribution in [3.8, 4) is 11.1 Å². The fraction of sp³-hybridized carbons (Fsp3) is 0.240. The van der Waals surface area contributed by atoms with Gasteiger partial charge in [-0.1, -0.05) is 17.7 Å². The third kappa shape index (κ3) is 5.80. The van der Waals surface area contributed by atoms with Gasteiger partial charge in [0.15, 0.2) is 5.82 Å². The molecular formula is C25H21ClF4IN7O2. The maximum absolute atomic E-state index is 15.2. The largest absolute Gasteiger partial charge is 0.416 e. The summed E-state index contributed by atoms with van der Waals surface area (Å²) in [5.74, 6) is -0.648. The number of nitrogens with zero attached hydrogens (tertiary/aromatic N) is 4. The normalized spacial score (nSPS) is 14.4. The summed E-state index contributed by atoms with van der Waals surface area (Å²) in [5.41, 5.74) is 6.84. The van der Waals surface area contributed by atoms with Crippen LogP contribution in [0.5, 0.6) is 0 Å². The molecule has 0 spiro atoms. The number of amides is 2. The fourth-order valence-electron chi connectivity index (χ4n) is 4.36. The fourth-order valence-corrected chi connectivity index (χ4v) is 5.17. The van der Waals surface area contributed by atoms with Crippen molar-refractivity contribution < 1.29 is 27.1 Å². The zero-order chi connectivity index (χ0) is 28.6. The van der Waals surface area contributed by atoms with Crippen molar-refractivity contribution >= 4 is 62.9 Å². The second-order valence-electron chi connectivity index (χ2n) is 8.90. The lowest BCUT2D eigenvalue weighted by Gasteiger charge is -2.26. The van der Waals surface area contributed by atoms with Crippen LogP contribution in [-0.2, 0) is 17.5 Å². The van der Waals surface area contributed by atoms with Crippen LogP contribution < -0.4 is 16.4 Å². The van der Waals surface area contributed by atoms with E-state index in [4.69, 9.17) is 22.1 Å². The van der Waals surface area contributed by atoms with Crippen LogP contribution in [0.25, 0.3) is 16.6 Å². The van der Waals surface area contributed by atoms with E-state index in [0.29, 0.717) is 63.8 Å². The summed E-state index contributed by atoms with van der Waals surface area (Å²) in [4.78, 5) is 18.7. The van der Waals surface area contributed by atoms with E-state index < -0.39 is 23.6 Å². The first-order valence-corrected chi connectivity index (χ1v) is 13.3. The summed E-state index contributed by atoms with van der Waals surface area (Å²) in [6, 6.07) is 6.06. The van der Waals surface area contributed by atoms with Gasteiger partial charge in [-0.05, 0) is 58.5 Å². The Morgan fingerprint density at radius 1 is 1.12 bits per heavy atom. The molecule has 9 nitrogen and oxygen atoms in total. The molecule has 4 aromatic rings. The average Bonchev–Trinajstić information content (AvgIpc) is 3.19. The number of hydrogen-bond donors (Lipinski definition) is 3. The molecule has 0 saturated carbocycles. The molecule has 0 aliphatic carbocycles. The van der Waals surface area contributed by atoms with Gasteiger partial charge in [0, 0.05) is 28.8 Å². The molecule has 40 heavy (non-hydrogen) atoms. The number of rotatable bonds is 5. The van der Waals surface area contributed by atoms with Crippen molar-refractivity contribution in [3.63, 3.8) is 0 Å². The number of carbonyl (C=O) groups is 1. The molecule has 0 bridgehead atoms. The molecule has 0 unspecified atom stereocenters. The minimum Gasteiger partial charge on any atom is -0.382 e. The topological polar surface area (TPSA) is 110 Å². The number of hydrogen-bond acceptors (Lipinski definition) is 6. The van der Waals surface area contributed by atoms with Crippen LogP contribution in [0, 0.1) is 9.39 Å². The number of aromatic nitrogens is 3. The van der Waals surface area contributed by atoms with E-state index in [9.17, 15) is 18.0 Å². The Morgan fingerprint density at radius 2 is 1.85 bits per heavy atom. The number of nitrogens with two attached hydrogens (primary N) is 1. The minimum atomic E-state index is -4.58. The van der Waals surface area contributed by atoms with E-state index in [0.717, 1.165) is 12.1 Å². The molecule has 1 aliphatic heterocycles. The number of urea groups is 1. The third-order valence-electron chi connectivity index (χ3n) is 6.31. The highest BCUT2D eigenvalue weighted by Gasteiger charge is 2.31. The van der Waals surface area contributed by atoms with E-state index in [-0.39, 0.29) is 17.2 Å². The summed E-state index contributed by atoms with van der Waals surface area (Å²) in [5, 5.41) is 9.31. The summed E-state index contributed by atoms with van der Waals surface area (Å²) < 4.78 is 61.8. The third-order valence-corrected chi connectivity index (χ3v) is 7.66. The molecule has 1 aliphatic rings. The smallest absolute Gasteiger partial charge is 0.382 e. The van der Waals surface area contributed by atoms with Crippen LogP contribution in [0.2, 0.25) is 5.02 Å². The molecule has 0 radical (unpaired) electrons. The number of nitrogen functional groups attached to an aromatic ring is 1. The van der Waals surface area contributed by atoms with Crippen molar-refractivity contribution in [1.29, 1.82) is 0 Å². The summed E-state index contributed by atoms with van der Waals surface area (Å²) in [7, 11) is 0. The van der Waals surface area contributed by atoms with Crippen molar-refractivity contribution in [2.45, 2.75) is 12.7 Å². The Hall–Kier alpha value is -3.21. The molecule has 15 heteroatoms. The lowest BCUT2D eigenvalue weighted by atomic mass is 10.1. The van der Waals surface area contributed by atoms with Gasteiger partial charge in [-0.2, -0.15) is 18.3 Å². The van der Waals surface area contributed by atoms with E-state index in [1.807, 2.05) is 0 Å². The number of carbonyl (C=O) groups excluding carboxylic acids is 1. The first kappa shape index (κ1) is 28.3. The number of fused-ring (bicyclic) bond motifs is 1. The van der Waals surface area contributed by atoms with Gasteiger partial charge in [-0.25, -0.2) is 18.7 Å². The van der Waals surface area contributed by atoms with Gasteiger partial charge in [0.1, 0.15) is 17.7 Å². The Kier molecular flexibility index (Phi) is 8.03. The molecule has 2 aromatic carbocycles. The Morgan fingerprint density at radius 3 is 2.55 bits per heavy atom. The van der Waals surface area contributed by atoms with Crippen LogP contribution in [0.4, 0.5) is 39.5 Å². The van der Waals surface area contributed by atoms with Gasteiger partial charge in [-0.3, -0.25) is 4.90 Å². The maximum Gasteiger partial charge on any atom is 0.416 e. The second-order valence-corrected chi connectivity index (χ2v) is 10.4. The summed E-state index contributed by atoms with van der Waals surface area (Å²) in [6.07, 6.45) is -3.27. The van der Waals surface area contributed by atoms with E-state index >= 15 is 4.39 Å². The van der Waals surface area contributed by atoms with Crippen molar-refractivity contribution in [2.24, 2.45) is 0 Å². The molecule has 210 valence electrons. The van der Waals surface area contributed by atoms with Crippen LogP contribution in [0.3, 0.4) is 0 Å². The van der Waals surface area contributed by atoms with Gasteiger partial charge >= 0.3 is 12.2 Å². The summed E-state index contributed by atoms with van der Waals surface area (Å²) >= 11 is 8.61. The average molecular weight is 690 g/mol. The highest BCUT2D eigenvalue weighted by Crippen LogP contribution is 2.40. The van der Waals surface area contributed by atoms with Crippen LogP contribution in [0.1, 0.15) is 11.3 Å². The number of halogens is 6. The summed E-state index contributed by atoms with van der Waals surface area (Å²) in [6.45, 7) is 3.04. The molecule has 1 saturated heterocycles.